The van der Waals surface area contributed by atoms with E-state index in [1.807, 2.05) is 12.1 Å². The van der Waals surface area contributed by atoms with Crippen LogP contribution in [0.4, 0.5) is 0 Å². The van der Waals surface area contributed by atoms with Crippen molar-refractivity contribution in [3.63, 3.8) is 0 Å². The van der Waals surface area contributed by atoms with E-state index < -0.39 is 0 Å². The number of hydrogen-bond acceptors (Lipinski definition) is 5. The van der Waals surface area contributed by atoms with Gasteiger partial charge < -0.3 is 24.8 Å². The first kappa shape index (κ1) is 18.0. The quantitative estimate of drug-likeness (QED) is 0.771. The number of halogens is 1. The van der Waals surface area contributed by atoms with Gasteiger partial charge >= 0.3 is 0 Å². The van der Waals surface area contributed by atoms with E-state index in [1.54, 1.807) is 14.2 Å². The summed E-state index contributed by atoms with van der Waals surface area (Å²) in [6, 6.07) is 5.03. The van der Waals surface area contributed by atoms with Crippen LogP contribution < -0.4 is 20.1 Å². The molecule has 1 aromatic rings. The molecule has 0 spiro atoms. The molecule has 3 rings (SSSR count). The maximum Gasteiger partial charge on any atom is 0.161 e. The van der Waals surface area contributed by atoms with Gasteiger partial charge in [0.1, 0.15) is 0 Å². The molecule has 2 N–H and O–H groups in total. The van der Waals surface area contributed by atoms with Gasteiger partial charge in [-0.15, -0.1) is 0 Å². The molecule has 2 fully saturated rings. The predicted molar refractivity (Wildman–Crippen MR) is 97.8 cm³/mol. The first-order chi connectivity index (χ1) is 11.7. The molecule has 6 heteroatoms. The van der Waals surface area contributed by atoms with Crippen LogP contribution in [0.2, 0.25) is 0 Å². The smallest absolute Gasteiger partial charge is 0.161 e. The highest BCUT2D eigenvalue weighted by Gasteiger charge is 2.34. The highest BCUT2D eigenvalue weighted by atomic mass is 79.9. The van der Waals surface area contributed by atoms with Crippen molar-refractivity contribution in [1.29, 1.82) is 0 Å². The number of rotatable bonds is 6. The fourth-order valence-electron chi connectivity index (χ4n) is 3.86. The second-order valence-electron chi connectivity index (χ2n) is 6.52. The molecular weight excluding hydrogens is 372 g/mol. The molecule has 3 atom stereocenters. The second-order valence-corrected chi connectivity index (χ2v) is 7.37. The molecule has 0 amide bonds. The first-order valence-corrected chi connectivity index (χ1v) is 9.47. The number of hydrogen-bond donors (Lipinski definition) is 2. The van der Waals surface area contributed by atoms with Crippen molar-refractivity contribution in [2.24, 2.45) is 5.92 Å². The van der Waals surface area contributed by atoms with Gasteiger partial charge in [0.2, 0.25) is 0 Å². The average molecular weight is 399 g/mol. The SMILES string of the molecule is COc1cc(Br)c(CNC2CCCC2C2COCCN2)cc1OC. The molecule has 134 valence electrons. The Hall–Kier alpha value is -0.820. The van der Waals surface area contributed by atoms with Crippen LogP contribution in [0.1, 0.15) is 24.8 Å². The lowest BCUT2D eigenvalue weighted by molar-refractivity contribution is 0.0524. The van der Waals surface area contributed by atoms with E-state index in [4.69, 9.17) is 14.2 Å². The summed E-state index contributed by atoms with van der Waals surface area (Å²) < 4.78 is 17.5. The van der Waals surface area contributed by atoms with Gasteiger partial charge in [0.15, 0.2) is 11.5 Å². The Morgan fingerprint density at radius 2 is 2.04 bits per heavy atom. The molecule has 1 heterocycles. The Balaban J connectivity index is 1.64. The Morgan fingerprint density at radius 3 is 2.75 bits per heavy atom. The fourth-order valence-corrected chi connectivity index (χ4v) is 4.32. The van der Waals surface area contributed by atoms with Gasteiger partial charge in [0.25, 0.3) is 0 Å². The molecular formula is C18H27BrN2O3. The summed E-state index contributed by atoms with van der Waals surface area (Å²) >= 11 is 3.64. The number of methoxy groups -OCH3 is 2. The Labute approximate surface area is 152 Å². The van der Waals surface area contributed by atoms with Gasteiger partial charge in [-0.3, -0.25) is 0 Å². The van der Waals surface area contributed by atoms with E-state index in [0.717, 1.165) is 42.3 Å². The van der Waals surface area contributed by atoms with Crippen LogP contribution in [0.5, 0.6) is 11.5 Å². The summed E-state index contributed by atoms with van der Waals surface area (Å²) in [5.74, 6) is 2.16. The van der Waals surface area contributed by atoms with Crippen LogP contribution in [-0.2, 0) is 11.3 Å². The Morgan fingerprint density at radius 1 is 1.25 bits per heavy atom. The molecule has 1 aliphatic heterocycles. The molecule has 1 aliphatic carbocycles. The topological polar surface area (TPSA) is 51.8 Å². The molecule has 5 nitrogen and oxygen atoms in total. The van der Waals surface area contributed by atoms with Gasteiger partial charge in [-0.25, -0.2) is 0 Å². The maximum absolute atomic E-state index is 5.65. The Bertz CT molecular complexity index is 549. The number of benzene rings is 1. The first-order valence-electron chi connectivity index (χ1n) is 8.68. The number of morpholine rings is 1. The van der Waals surface area contributed by atoms with Crippen LogP contribution in [0.25, 0.3) is 0 Å². The van der Waals surface area contributed by atoms with Gasteiger partial charge in [0.05, 0.1) is 27.4 Å². The summed E-state index contributed by atoms with van der Waals surface area (Å²) in [6.07, 6.45) is 3.78. The van der Waals surface area contributed by atoms with Gasteiger partial charge in [-0.05, 0) is 36.5 Å². The third-order valence-electron chi connectivity index (χ3n) is 5.14. The summed E-state index contributed by atoms with van der Waals surface area (Å²) in [7, 11) is 3.33. The van der Waals surface area contributed by atoms with Gasteiger partial charge in [-0.1, -0.05) is 22.4 Å². The van der Waals surface area contributed by atoms with E-state index in [0.29, 0.717) is 18.0 Å². The lowest BCUT2D eigenvalue weighted by Gasteiger charge is -2.33. The van der Waals surface area contributed by atoms with Crippen molar-refractivity contribution in [2.75, 3.05) is 34.0 Å². The molecule has 0 bridgehead atoms. The zero-order chi connectivity index (χ0) is 16.9. The Kier molecular flexibility index (Phi) is 6.38. The van der Waals surface area contributed by atoms with Gasteiger partial charge in [-0.2, -0.15) is 0 Å². The lowest BCUT2D eigenvalue weighted by Crippen LogP contribution is -2.50. The highest BCUT2D eigenvalue weighted by molar-refractivity contribution is 9.10. The molecule has 1 aromatic carbocycles. The second kappa shape index (κ2) is 8.52. The van der Waals surface area contributed by atoms with E-state index in [2.05, 4.69) is 26.6 Å². The summed E-state index contributed by atoms with van der Waals surface area (Å²) in [5, 5.41) is 7.38. The van der Waals surface area contributed by atoms with E-state index in [9.17, 15) is 0 Å². The largest absolute Gasteiger partial charge is 0.493 e. The van der Waals surface area contributed by atoms with Crippen molar-refractivity contribution in [3.05, 3.63) is 22.2 Å². The van der Waals surface area contributed by atoms with Crippen molar-refractivity contribution >= 4 is 15.9 Å². The summed E-state index contributed by atoms with van der Waals surface area (Å²) in [4.78, 5) is 0. The zero-order valence-electron chi connectivity index (χ0n) is 14.4. The average Bonchev–Trinajstić information content (AvgIpc) is 3.09. The van der Waals surface area contributed by atoms with Crippen LogP contribution in [0.3, 0.4) is 0 Å². The molecule has 2 aliphatic rings. The molecule has 3 unspecified atom stereocenters. The number of ether oxygens (including phenoxy) is 3. The summed E-state index contributed by atoms with van der Waals surface area (Å²) in [6.45, 7) is 3.45. The highest BCUT2D eigenvalue weighted by Crippen LogP contribution is 2.34. The minimum atomic E-state index is 0.479. The molecule has 24 heavy (non-hydrogen) atoms. The normalized spacial score (nSPS) is 27.2. The van der Waals surface area contributed by atoms with Crippen LogP contribution >= 0.6 is 15.9 Å². The third kappa shape index (κ3) is 4.04. The zero-order valence-corrected chi connectivity index (χ0v) is 16.0. The summed E-state index contributed by atoms with van der Waals surface area (Å²) in [5.41, 5.74) is 1.19. The monoisotopic (exact) mass is 398 g/mol. The van der Waals surface area contributed by atoms with E-state index in [-0.39, 0.29) is 0 Å². The van der Waals surface area contributed by atoms with Crippen molar-refractivity contribution in [3.8, 4) is 11.5 Å². The fraction of sp³-hybridized carbons (Fsp3) is 0.667. The number of nitrogens with one attached hydrogen (secondary N) is 2. The van der Waals surface area contributed by atoms with Crippen LogP contribution in [0, 0.1) is 5.92 Å². The van der Waals surface area contributed by atoms with E-state index in [1.165, 1.54) is 24.8 Å². The predicted octanol–water partition coefficient (Wildman–Crippen LogP) is 2.71. The van der Waals surface area contributed by atoms with Crippen molar-refractivity contribution in [1.82, 2.24) is 10.6 Å². The van der Waals surface area contributed by atoms with E-state index >= 15 is 0 Å². The minimum absolute atomic E-state index is 0.479. The molecule has 0 aromatic heterocycles. The minimum Gasteiger partial charge on any atom is -0.493 e. The molecule has 1 saturated carbocycles. The third-order valence-corrected chi connectivity index (χ3v) is 5.88. The van der Waals surface area contributed by atoms with Crippen molar-refractivity contribution in [2.45, 2.75) is 37.9 Å². The molecule has 1 saturated heterocycles. The van der Waals surface area contributed by atoms with Crippen LogP contribution in [-0.4, -0.2) is 46.1 Å². The molecule has 0 radical (unpaired) electrons. The maximum atomic E-state index is 5.65. The standard InChI is InChI=1S/C18H27BrN2O3/c1-22-17-8-12(14(19)9-18(17)23-2)10-21-15-5-3-4-13(15)16-11-24-7-6-20-16/h8-9,13,15-16,20-21H,3-7,10-11H2,1-2H3. The van der Waals surface area contributed by atoms with Crippen molar-refractivity contribution < 1.29 is 14.2 Å². The van der Waals surface area contributed by atoms with Crippen LogP contribution in [0.15, 0.2) is 16.6 Å². The lowest BCUT2D eigenvalue weighted by atomic mass is 9.94. The van der Waals surface area contributed by atoms with Gasteiger partial charge in [0, 0.05) is 29.6 Å².